The van der Waals surface area contributed by atoms with E-state index in [4.69, 9.17) is 15.2 Å². The van der Waals surface area contributed by atoms with Crippen LogP contribution in [0, 0.1) is 5.41 Å². The lowest BCUT2D eigenvalue weighted by atomic mass is 9.93. The summed E-state index contributed by atoms with van der Waals surface area (Å²) in [6.07, 6.45) is 0. The SMILES string of the molecule is COc1cccc(NC(=O)COc2ccc(C(=O)N(C)CC(C)(C)CN)cc2)c1.Cl. The minimum absolute atomic E-state index is 0. The van der Waals surface area contributed by atoms with E-state index in [2.05, 4.69) is 5.32 Å². The number of ether oxygens (including phenoxy) is 2. The summed E-state index contributed by atoms with van der Waals surface area (Å²) >= 11 is 0. The summed E-state index contributed by atoms with van der Waals surface area (Å²) < 4.78 is 10.6. The van der Waals surface area contributed by atoms with Gasteiger partial charge in [0.1, 0.15) is 11.5 Å². The molecule has 7 nitrogen and oxygen atoms in total. The Kier molecular flexibility index (Phi) is 9.62. The van der Waals surface area contributed by atoms with Gasteiger partial charge in [0.05, 0.1) is 7.11 Å². The number of halogens is 1. The molecule has 0 aliphatic rings. The first-order chi connectivity index (χ1) is 13.7. The van der Waals surface area contributed by atoms with Gasteiger partial charge >= 0.3 is 0 Å². The second-order valence-corrected chi connectivity index (χ2v) is 7.62. The highest BCUT2D eigenvalue weighted by atomic mass is 35.5. The molecule has 3 N–H and O–H groups in total. The normalized spacial score (nSPS) is 10.6. The van der Waals surface area contributed by atoms with E-state index >= 15 is 0 Å². The third-order valence-electron chi connectivity index (χ3n) is 4.39. The van der Waals surface area contributed by atoms with Crippen LogP contribution in [0.25, 0.3) is 0 Å². The first kappa shape index (κ1) is 25.3. The number of benzene rings is 2. The number of nitrogens with one attached hydrogen (secondary N) is 1. The van der Waals surface area contributed by atoms with E-state index in [1.807, 2.05) is 13.8 Å². The minimum Gasteiger partial charge on any atom is -0.497 e. The second-order valence-electron chi connectivity index (χ2n) is 7.62. The fourth-order valence-corrected chi connectivity index (χ4v) is 2.74. The average Bonchev–Trinajstić information content (AvgIpc) is 2.72. The molecule has 0 saturated heterocycles. The van der Waals surface area contributed by atoms with E-state index in [-0.39, 0.29) is 36.2 Å². The van der Waals surface area contributed by atoms with Crippen molar-refractivity contribution < 1.29 is 19.1 Å². The lowest BCUT2D eigenvalue weighted by Gasteiger charge is -2.29. The van der Waals surface area contributed by atoms with Gasteiger partial charge in [-0.2, -0.15) is 0 Å². The van der Waals surface area contributed by atoms with E-state index in [0.717, 1.165) is 0 Å². The maximum absolute atomic E-state index is 12.5. The Hall–Kier alpha value is -2.77. The number of rotatable bonds is 9. The number of carbonyl (C=O) groups excluding carboxylic acids is 2. The Bertz CT molecular complexity index is 841. The third kappa shape index (κ3) is 7.57. The molecule has 0 radical (unpaired) electrons. The van der Waals surface area contributed by atoms with Gasteiger partial charge in [0.15, 0.2) is 6.61 Å². The van der Waals surface area contributed by atoms with Crippen molar-refractivity contribution in [2.75, 3.05) is 39.2 Å². The van der Waals surface area contributed by atoms with Crippen molar-refractivity contribution in [2.45, 2.75) is 13.8 Å². The van der Waals surface area contributed by atoms with E-state index in [0.29, 0.717) is 35.8 Å². The third-order valence-corrected chi connectivity index (χ3v) is 4.39. The average molecular weight is 436 g/mol. The van der Waals surface area contributed by atoms with Crippen molar-refractivity contribution >= 4 is 29.9 Å². The number of nitrogens with zero attached hydrogens (tertiary/aromatic N) is 1. The maximum atomic E-state index is 12.5. The highest BCUT2D eigenvalue weighted by molar-refractivity contribution is 5.94. The number of hydrogen-bond donors (Lipinski definition) is 2. The van der Waals surface area contributed by atoms with Crippen molar-refractivity contribution in [3.63, 3.8) is 0 Å². The van der Waals surface area contributed by atoms with Crippen molar-refractivity contribution in [1.29, 1.82) is 0 Å². The number of amides is 2. The van der Waals surface area contributed by atoms with Crippen molar-refractivity contribution in [2.24, 2.45) is 11.1 Å². The Morgan fingerprint density at radius 1 is 1.10 bits per heavy atom. The molecule has 0 unspecified atom stereocenters. The van der Waals surface area contributed by atoms with Crippen LogP contribution in [0.2, 0.25) is 0 Å². The van der Waals surface area contributed by atoms with Crippen molar-refractivity contribution in [1.82, 2.24) is 4.90 Å². The van der Waals surface area contributed by atoms with E-state index in [1.165, 1.54) is 0 Å². The van der Waals surface area contributed by atoms with Gasteiger partial charge in [0.25, 0.3) is 11.8 Å². The monoisotopic (exact) mass is 435 g/mol. The molecule has 0 heterocycles. The fourth-order valence-electron chi connectivity index (χ4n) is 2.74. The molecule has 2 aromatic rings. The van der Waals surface area contributed by atoms with Gasteiger partial charge in [-0.15, -0.1) is 12.4 Å². The zero-order valence-electron chi connectivity index (χ0n) is 17.8. The Labute approximate surface area is 183 Å². The van der Waals surface area contributed by atoms with Crippen LogP contribution in [0.4, 0.5) is 5.69 Å². The molecule has 0 aromatic heterocycles. The summed E-state index contributed by atoms with van der Waals surface area (Å²) in [6, 6.07) is 13.8. The van der Waals surface area contributed by atoms with Gasteiger partial charge in [-0.3, -0.25) is 9.59 Å². The fraction of sp³-hybridized carbons (Fsp3) is 0.364. The van der Waals surface area contributed by atoms with Crippen molar-refractivity contribution in [3.8, 4) is 11.5 Å². The molecule has 0 saturated carbocycles. The molecule has 8 heteroatoms. The van der Waals surface area contributed by atoms with Crippen LogP contribution in [0.3, 0.4) is 0 Å². The number of carbonyl (C=O) groups is 2. The standard InChI is InChI=1S/C22H29N3O4.ClH/c1-22(2,14-23)15-25(3)21(27)16-8-10-18(11-9-16)29-13-20(26)24-17-6-5-7-19(12-17)28-4;/h5-12H,13-15,23H2,1-4H3,(H,24,26);1H. The van der Waals surface area contributed by atoms with Crippen LogP contribution in [0.5, 0.6) is 11.5 Å². The molecular weight excluding hydrogens is 406 g/mol. The highest BCUT2D eigenvalue weighted by Gasteiger charge is 2.22. The predicted molar refractivity (Wildman–Crippen MR) is 121 cm³/mol. The van der Waals surface area contributed by atoms with Crippen LogP contribution < -0.4 is 20.5 Å². The summed E-state index contributed by atoms with van der Waals surface area (Å²) in [5.74, 6) is 0.784. The molecule has 30 heavy (non-hydrogen) atoms. The zero-order chi connectivity index (χ0) is 21.4. The molecular formula is C22H30ClN3O4. The van der Waals surface area contributed by atoms with Gasteiger partial charge < -0.3 is 25.4 Å². The molecule has 0 spiro atoms. The molecule has 0 atom stereocenters. The van der Waals surface area contributed by atoms with Crippen LogP contribution in [-0.4, -0.2) is 50.6 Å². The summed E-state index contributed by atoms with van der Waals surface area (Å²) in [5.41, 5.74) is 6.77. The molecule has 164 valence electrons. The summed E-state index contributed by atoms with van der Waals surface area (Å²) in [7, 11) is 3.32. The Morgan fingerprint density at radius 3 is 2.37 bits per heavy atom. The van der Waals surface area contributed by atoms with E-state index < -0.39 is 0 Å². The first-order valence-corrected chi connectivity index (χ1v) is 9.36. The van der Waals surface area contributed by atoms with Crippen LogP contribution in [0.1, 0.15) is 24.2 Å². The smallest absolute Gasteiger partial charge is 0.262 e. The van der Waals surface area contributed by atoms with Crippen molar-refractivity contribution in [3.05, 3.63) is 54.1 Å². The maximum Gasteiger partial charge on any atom is 0.262 e. The summed E-state index contributed by atoms with van der Waals surface area (Å²) in [4.78, 5) is 26.3. The molecule has 2 rings (SSSR count). The van der Waals surface area contributed by atoms with Gasteiger partial charge in [-0.25, -0.2) is 0 Å². The van der Waals surface area contributed by atoms with E-state index in [1.54, 1.807) is 67.6 Å². The van der Waals surface area contributed by atoms with Gasteiger partial charge in [0.2, 0.25) is 0 Å². The highest BCUT2D eigenvalue weighted by Crippen LogP contribution is 2.19. The number of nitrogens with two attached hydrogens (primary N) is 1. The Balaban J connectivity index is 0.00000450. The topological polar surface area (TPSA) is 93.9 Å². The minimum atomic E-state index is -0.290. The number of hydrogen-bond acceptors (Lipinski definition) is 5. The molecule has 2 aromatic carbocycles. The molecule has 0 aliphatic carbocycles. The van der Waals surface area contributed by atoms with E-state index in [9.17, 15) is 9.59 Å². The first-order valence-electron chi connectivity index (χ1n) is 9.36. The van der Waals surface area contributed by atoms with Crippen LogP contribution >= 0.6 is 12.4 Å². The molecule has 0 aliphatic heterocycles. The quantitative estimate of drug-likeness (QED) is 0.630. The number of methoxy groups -OCH3 is 1. The lowest BCUT2D eigenvalue weighted by Crippen LogP contribution is -2.39. The molecule has 0 fully saturated rings. The van der Waals surface area contributed by atoms with Gasteiger partial charge in [-0.05, 0) is 48.4 Å². The lowest BCUT2D eigenvalue weighted by molar-refractivity contribution is -0.118. The molecule has 0 bridgehead atoms. The predicted octanol–water partition coefficient (Wildman–Crippen LogP) is 3.19. The van der Waals surface area contributed by atoms with Crippen LogP contribution in [-0.2, 0) is 4.79 Å². The second kappa shape index (κ2) is 11.4. The number of anilines is 1. The van der Waals surface area contributed by atoms with Gasteiger partial charge in [-0.1, -0.05) is 19.9 Å². The van der Waals surface area contributed by atoms with Gasteiger partial charge in [0, 0.05) is 30.9 Å². The zero-order valence-corrected chi connectivity index (χ0v) is 18.6. The summed E-state index contributed by atoms with van der Waals surface area (Å²) in [5, 5.41) is 2.74. The largest absolute Gasteiger partial charge is 0.497 e. The molecule has 2 amide bonds. The summed E-state index contributed by atoms with van der Waals surface area (Å²) in [6.45, 7) is 4.95. The Morgan fingerprint density at radius 2 is 1.77 bits per heavy atom. The van der Waals surface area contributed by atoms with Crippen LogP contribution in [0.15, 0.2) is 48.5 Å².